The fourth-order valence-electron chi connectivity index (χ4n) is 4.54. The smallest absolute Gasteiger partial charge is 0.378 e. The molecule has 0 saturated carbocycles. The van der Waals surface area contributed by atoms with Gasteiger partial charge >= 0.3 is 17.2 Å². The van der Waals surface area contributed by atoms with Gasteiger partial charge in [-0.15, -0.1) is 0 Å². The van der Waals surface area contributed by atoms with Crippen molar-refractivity contribution in [1.82, 2.24) is 19.5 Å². The summed E-state index contributed by atoms with van der Waals surface area (Å²) in [7, 11) is 0. The van der Waals surface area contributed by atoms with Crippen molar-refractivity contribution in [2.24, 2.45) is 0 Å². The average Bonchev–Trinajstić information content (AvgIpc) is 3.47. The Balaban J connectivity index is 1.66. The summed E-state index contributed by atoms with van der Waals surface area (Å²) in [6, 6.07) is 9.91. The molecule has 1 N–H and O–H groups in total. The number of hydrogen-bond donors (Lipinski definition) is 1. The highest BCUT2D eigenvalue weighted by atomic mass is 32.1. The summed E-state index contributed by atoms with van der Waals surface area (Å²) in [5.41, 5.74) is -0.671. The van der Waals surface area contributed by atoms with Gasteiger partial charge in [0.05, 0.1) is 40.4 Å². The van der Waals surface area contributed by atoms with Gasteiger partial charge in [-0.1, -0.05) is 23.5 Å². The number of morpholine rings is 1. The molecular weight excluding hydrogens is 548 g/mol. The van der Waals surface area contributed by atoms with E-state index >= 15 is 0 Å². The highest BCUT2D eigenvalue weighted by Gasteiger charge is 2.36. The summed E-state index contributed by atoms with van der Waals surface area (Å²) in [6.07, 6.45) is -9.34. The predicted octanol–water partition coefficient (Wildman–Crippen LogP) is 5.86. The molecule has 0 bridgehead atoms. The van der Waals surface area contributed by atoms with Crippen molar-refractivity contribution in [2.75, 3.05) is 31.2 Å². The number of rotatable bonds is 3. The first-order chi connectivity index (χ1) is 18.5. The Kier molecular flexibility index (Phi) is 5.91. The van der Waals surface area contributed by atoms with E-state index in [1.165, 1.54) is 16.7 Å². The third-order valence-corrected chi connectivity index (χ3v) is 7.22. The van der Waals surface area contributed by atoms with E-state index in [2.05, 4.69) is 15.0 Å². The maximum absolute atomic E-state index is 14.0. The molecule has 14 heteroatoms. The number of imidazole rings is 1. The Morgan fingerprint density at radius 1 is 0.897 bits per heavy atom. The van der Waals surface area contributed by atoms with Crippen molar-refractivity contribution in [2.45, 2.75) is 12.4 Å². The first-order valence-corrected chi connectivity index (χ1v) is 12.4. The lowest BCUT2D eigenvalue weighted by Gasteiger charge is -2.29. The van der Waals surface area contributed by atoms with Gasteiger partial charge in [0.1, 0.15) is 17.0 Å². The van der Waals surface area contributed by atoms with Crippen LogP contribution in [0.2, 0.25) is 0 Å². The number of nitrogens with one attached hydrogen (secondary N) is 1. The number of nitrogens with zero attached hydrogens (tertiary/aromatic N) is 4. The summed E-state index contributed by atoms with van der Waals surface area (Å²) in [6.45, 7) is 1.26. The van der Waals surface area contributed by atoms with Gasteiger partial charge in [-0.25, -0.2) is 9.97 Å². The second-order valence-corrected chi connectivity index (χ2v) is 9.85. The third kappa shape index (κ3) is 4.63. The number of halogens is 6. The van der Waals surface area contributed by atoms with Crippen LogP contribution in [0, 0.1) is 0 Å². The molecule has 4 heterocycles. The molecule has 1 saturated heterocycles. The SMILES string of the molecule is O=c1[nH]c2ccc(-n3c(-c4ccc(C(F)(F)F)cc4)nc4c(N5CCOCC5)cc(C(F)(F)F)nc43)cc2s1. The highest BCUT2D eigenvalue weighted by Crippen LogP contribution is 2.39. The number of hydrogen-bond acceptors (Lipinski definition) is 6. The van der Waals surface area contributed by atoms with Crippen LogP contribution in [0.25, 0.3) is 38.5 Å². The van der Waals surface area contributed by atoms with Crippen LogP contribution < -0.4 is 9.77 Å². The van der Waals surface area contributed by atoms with E-state index < -0.39 is 23.6 Å². The van der Waals surface area contributed by atoms with Crippen LogP contribution in [0.3, 0.4) is 0 Å². The zero-order valence-corrected chi connectivity index (χ0v) is 20.5. The molecule has 1 aliphatic heterocycles. The first-order valence-electron chi connectivity index (χ1n) is 11.6. The number of fused-ring (bicyclic) bond motifs is 2. The van der Waals surface area contributed by atoms with Gasteiger partial charge in [0.15, 0.2) is 5.65 Å². The van der Waals surface area contributed by atoms with Gasteiger partial charge in [0.2, 0.25) is 0 Å². The third-order valence-electron chi connectivity index (χ3n) is 6.37. The summed E-state index contributed by atoms with van der Waals surface area (Å²) in [4.78, 5) is 24.5. The lowest BCUT2D eigenvalue weighted by molar-refractivity contribution is -0.141. The lowest BCUT2D eigenvalue weighted by Crippen LogP contribution is -2.36. The Bertz CT molecular complexity index is 1750. The van der Waals surface area contributed by atoms with E-state index in [0.29, 0.717) is 42.2 Å². The van der Waals surface area contributed by atoms with Crippen molar-refractivity contribution in [3.8, 4) is 17.1 Å². The topological polar surface area (TPSA) is 76.0 Å². The lowest BCUT2D eigenvalue weighted by atomic mass is 10.1. The normalized spacial score (nSPS) is 15.0. The molecule has 2 aromatic carbocycles. The number of aromatic nitrogens is 4. The maximum atomic E-state index is 14.0. The Morgan fingerprint density at radius 3 is 2.28 bits per heavy atom. The summed E-state index contributed by atoms with van der Waals surface area (Å²) < 4.78 is 89.0. The molecule has 202 valence electrons. The molecular formula is C25H17F6N5O2S. The van der Waals surface area contributed by atoms with Gasteiger partial charge in [-0.05, 0) is 36.4 Å². The van der Waals surface area contributed by atoms with Gasteiger partial charge in [0.25, 0.3) is 0 Å². The van der Waals surface area contributed by atoms with Gasteiger partial charge in [-0.2, -0.15) is 26.3 Å². The predicted molar refractivity (Wildman–Crippen MR) is 133 cm³/mol. The summed E-state index contributed by atoms with van der Waals surface area (Å²) >= 11 is 0.916. The van der Waals surface area contributed by atoms with Crippen LogP contribution >= 0.6 is 11.3 Å². The second-order valence-electron chi connectivity index (χ2n) is 8.84. The zero-order chi connectivity index (χ0) is 27.5. The number of aromatic amines is 1. The maximum Gasteiger partial charge on any atom is 0.433 e. The number of pyridine rings is 1. The molecule has 3 aromatic heterocycles. The van der Waals surface area contributed by atoms with E-state index in [0.717, 1.165) is 29.5 Å². The fourth-order valence-corrected chi connectivity index (χ4v) is 5.31. The molecule has 1 aliphatic rings. The van der Waals surface area contributed by atoms with Crippen LogP contribution in [-0.2, 0) is 17.1 Å². The van der Waals surface area contributed by atoms with Crippen LogP contribution in [0.4, 0.5) is 32.0 Å². The van der Waals surface area contributed by atoms with E-state index in [1.54, 1.807) is 23.1 Å². The molecule has 0 atom stereocenters. The molecule has 5 aromatic rings. The molecule has 1 fully saturated rings. The van der Waals surface area contributed by atoms with Crippen molar-refractivity contribution in [3.05, 3.63) is 69.5 Å². The largest absolute Gasteiger partial charge is 0.433 e. The number of benzene rings is 2. The molecule has 0 unspecified atom stereocenters. The molecule has 0 amide bonds. The molecule has 0 radical (unpaired) electrons. The van der Waals surface area contributed by atoms with Gasteiger partial charge in [0, 0.05) is 18.7 Å². The van der Waals surface area contributed by atoms with Crippen LogP contribution in [-0.4, -0.2) is 45.8 Å². The number of thiazole rings is 1. The zero-order valence-electron chi connectivity index (χ0n) is 19.7. The van der Waals surface area contributed by atoms with E-state index in [-0.39, 0.29) is 33.1 Å². The minimum absolute atomic E-state index is 0.0993. The Labute approximate surface area is 219 Å². The van der Waals surface area contributed by atoms with Gasteiger partial charge in [-0.3, -0.25) is 9.36 Å². The number of anilines is 1. The van der Waals surface area contributed by atoms with E-state index in [4.69, 9.17) is 4.74 Å². The Hall–Kier alpha value is -3.91. The van der Waals surface area contributed by atoms with E-state index in [9.17, 15) is 31.1 Å². The average molecular weight is 565 g/mol. The standard InChI is InChI=1S/C25H17F6N5O2S/c26-24(27,28)14-3-1-13(2-4-14)21-34-20-17(35-7-9-38-10-8-35)12-19(25(29,30)31)33-22(20)36(21)15-5-6-16-18(11-15)39-23(37)32-16/h1-6,11-12H,7-10H2,(H,32,37). The monoisotopic (exact) mass is 565 g/mol. The Morgan fingerprint density at radius 2 is 1.62 bits per heavy atom. The first kappa shape index (κ1) is 25.4. The van der Waals surface area contributed by atoms with Crippen molar-refractivity contribution in [3.63, 3.8) is 0 Å². The second kappa shape index (κ2) is 9.09. The molecule has 7 nitrogen and oxygen atoms in total. The summed E-state index contributed by atoms with van der Waals surface area (Å²) in [5, 5.41) is 0. The minimum atomic E-state index is -4.77. The van der Waals surface area contributed by atoms with Gasteiger partial charge < -0.3 is 14.6 Å². The molecule has 39 heavy (non-hydrogen) atoms. The van der Waals surface area contributed by atoms with Crippen LogP contribution in [0.1, 0.15) is 11.3 Å². The van der Waals surface area contributed by atoms with Crippen molar-refractivity contribution < 1.29 is 31.1 Å². The molecule has 6 rings (SSSR count). The number of ether oxygens (including phenoxy) is 1. The fraction of sp³-hybridized carbons (Fsp3) is 0.240. The van der Waals surface area contributed by atoms with E-state index in [1.807, 2.05) is 0 Å². The minimum Gasteiger partial charge on any atom is -0.378 e. The number of alkyl halides is 6. The van der Waals surface area contributed by atoms with Crippen LogP contribution in [0.5, 0.6) is 0 Å². The molecule has 0 spiro atoms. The van der Waals surface area contributed by atoms with Crippen LogP contribution in [0.15, 0.2) is 53.3 Å². The summed E-state index contributed by atoms with van der Waals surface area (Å²) in [5.74, 6) is 0.0993. The molecule has 0 aliphatic carbocycles. The number of H-pyrrole nitrogens is 1. The quantitative estimate of drug-likeness (QED) is 0.277. The highest BCUT2D eigenvalue weighted by molar-refractivity contribution is 7.16. The van der Waals surface area contributed by atoms with Crippen molar-refractivity contribution >= 4 is 38.4 Å². The van der Waals surface area contributed by atoms with Crippen molar-refractivity contribution in [1.29, 1.82) is 0 Å².